The molecule has 1 atom stereocenters. The van der Waals surface area contributed by atoms with Gasteiger partial charge in [-0.05, 0) is 52.3 Å². The van der Waals surface area contributed by atoms with Crippen LogP contribution in [0, 0.1) is 0 Å². The Morgan fingerprint density at radius 3 is 1.97 bits per heavy atom. The van der Waals surface area contributed by atoms with Crippen LogP contribution >= 0.6 is 0 Å². The van der Waals surface area contributed by atoms with Crippen LogP contribution in [0.5, 0.6) is 0 Å². The second-order valence-corrected chi connectivity index (χ2v) is 9.66. The fourth-order valence-electron chi connectivity index (χ4n) is 6.10. The summed E-state index contributed by atoms with van der Waals surface area (Å²) < 4.78 is 0. The molecular weight excluding hydrogens is 410 g/mol. The van der Waals surface area contributed by atoms with Crippen molar-refractivity contribution < 1.29 is 0 Å². The van der Waals surface area contributed by atoms with Gasteiger partial charge in [0.2, 0.25) is 0 Å². The number of anilines is 1. The molecule has 0 amide bonds. The van der Waals surface area contributed by atoms with E-state index in [1.165, 1.54) is 64.6 Å². The summed E-state index contributed by atoms with van der Waals surface area (Å²) in [7, 11) is 0. The molecule has 0 bridgehead atoms. The van der Waals surface area contributed by atoms with Gasteiger partial charge < -0.3 is 5.73 Å². The number of rotatable bonds is 8. The molecule has 1 aliphatic rings. The van der Waals surface area contributed by atoms with E-state index in [4.69, 9.17) is 5.73 Å². The Morgan fingerprint density at radius 1 is 0.647 bits per heavy atom. The first kappa shape index (κ1) is 22.5. The average Bonchev–Trinajstić information content (AvgIpc) is 3.17. The molecule has 4 aromatic carbocycles. The van der Waals surface area contributed by atoms with Crippen LogP contribution in [0.1, 0.15) is 63.5 Å². The van der Waals surface area contributed by atoms with Gasteiger partial charge in [-0.3, -0.25) is 0 Å². The van der Waals surface area contributed by atoms with Crippen molar-refractivity contribution in [3.05, 3.63) is 102 Å². The second kappa shape index (κ2) is 9.50. The zero-order valence-electron chi connectivity index (χ0n) is 20.5. The van der Waals surface area contributed by atoms with Crippen LogP contribution in [-0.4, -0.2) is 0 Å². The Balaban J connectivity index is 1.83. The fraction of sp³-hybridized carbons (Fsp3) is 0.273. The van der Waals surface area contributed by atoms with E-state index in [0.29, 0.717) is 0 Å². The van der Waals surface area contributed by atoms with Crippen molar-refractivity contribution >= 4 is 5.69 Å². The number of hydrogen-bond donors (Lipinski definition) is 1. The van der Waals surface area contributed by atoms with Gasteiger partial charge in [0.1, 0.15) is 0 Å². The Labute approximate surface area is 204 Å². The predicted molar refractivity (Wildman–Crippen MR) is 147 cm³/mol. The van der Waals surface area contributed by atoms with Gasteiger partial charge in [0.05, 0.1) is 0 Å². The third kappa shape index (κ3) is 3.64. The molecule has 0 aliphatic heterocycles. The average molecular weight is 446 g/mol. The van der Waals surface area contributed by atoms with Crippen LogP contribution in [-0.2, 0) is 5.41 Å². The standard InChI is InChI=1S/C33H35N/c1-3-5-6-15-22-33(4-2)29-21-14-13-20-26(29)28-23-27(24-16-9-7-10-17-24)32(34)30(31(28)33)25-18-11-8-12-19-25/h7-14,16-21,23H,3-6,15,22,34H2,1-2H3. The van der Waals surface area contributed by atoms with Crippen LogP contribution in [0.4, 0.5) is 5.69 Å². The van der Waals surface area contributed by atoms with Gasteiger partial charge in [-0.1, -0.05) is 124 Å². The molecule has 1 nitrogen and oxygen atoms in total. The number of nitrogen functional groups attached to an aromatic ring is 1. The Hall–Kier alpha value is -3.32. The van der Waals surface area contributed by atoms with E-state index in [9.17, 15) is 0 Å². The van der Waals surface area contributed by atoms with E-state index >= 15 is 0 Å². The van der Waals surface area contributed by atoms with Crippen LogP contribution in [0.3, 0.4) is 0 Å². The maximum Gasteiger partial charge on any atom is 0.0476 e. The smallest absolute Gasteiger partial charge is 0.0476 e. The van der Waals surface area contributed by atoms with Gasteiger partial charge in [-0.15, -0.1) is 0 Å². The first-order valence-corrected chi connectivity index (χ1v) is 12.9. The van der Waals surface area contributed by atoms with Crippen LogP contribution in [0.2, 0.25) is 0 Å². The summed E-state index contributed by atoms with van der Waals surface area (Å²) in [5.41, 5.74) is 18.4. The van der Waals surface area contributed by atoms with Gasteiger partial charge in [0.15, 0.2) is 0 Å². The number of unbranched alkanes of at least 4 members (excludes halogenated alkanes) is 3. The van der Waals surface area contributed by atoms with Gasteiger partial charge in [0, 0.05) is 22.2 Å². The van der Waals surface area contributed by atoms with E-state index in [1.54, 1.807) is 0 Å². The molecule has 1 heteroatoms. The van der Waals surface area contributed by atoms with Gasteiger partial charge in [0.25, 0.3) is 0 Å². The van der Waals surface area contributed by atoms with Crippen molar-refractivity contribution in [1.82, 2.24) is 0 Å². The summed E-state index contributed by atoms with van der Waals surface area (Å²) in [6, 6.07) is 32.9. The van der Waals surface area contributed by atoms with Crippen LogP contribution < -0.4 is 5.73 Å². The summed E-state index contributed by atoms with van der Waals surface area (Å²) >= 11 is 0. The highest BCUT2D eigenvalue weighted by Gasteiger charge is 2.44. The Kier molecular flexibility index (Phi) is 6.28. The predicted octanol–water partition coefficient (Wildman–Crippen LogP) is 9.25. The van der Waals surface area contributed by atoms with Gasteiger partial charge >= 0.3 is 0 Å². The highest BCUT2D eigenvalue weighted by atomic mass is 14.6. The second-order valence-electron chi connectivity index (χ2n) is 9.66. The molecule has 1 aliphatic carbocycles. The van der Waals surface area contributed by atoms with Crippen molar-refractivity contribution in [3.63, 3.8) is 0 Å². The van der Waals surface area contributed by atoms with E-state index in [1.807, 2.05) is 0 Å². The molecule has 0 saturated carbocycles. The van der Waals surface area contributed by atoms with Gasteiger partial charge in [-0.25, -0.2) is 0 Å². The largest absolute Gasteiger partial charge is 0.398 e. The monoisotopic (exact) mass is 445 g/mol. The van der Waals surface area contributed by atoms with E-state index in [2.05, 4.69) is 105 Å². The maximum atomic E-state index is 7.11. The lowest BCUT2D eigenvalue weighted by Gasteiger charge is -2.34. The number of benzene rings is 4. The Bertz CT molecular complexity index is 1270. The molecule has 0 radical (unpaired) electrons. The molecule has 172 valence electrons. The first-order valence-electron chi connectivity index (χ1n) is 12.9. The van der Waals surface area contributed by atoms with E-state index in [0.717, 1.165) is 24.1 Å². The van der Waals surface area contributed by atoms with Crippen LogP contribution in [0.25, 0.3) is 33.4 Å². The molecule has 2 N–H and O–H groups in total. The molecule has 5 rings (SSSR count). The molecular formula is C33H35N. The first-order chi connectivity index (χ1) is 16.7. The fourth-order valence-corrected chi connectivity index (χ4v) is 6.10. The minimum atomic E-state index is -0.00577. The summed E-state index contributed by atoms with van der Waals surface area (Å²) in [4.78, 5) is 0. The van der Waals surface area contributed by atoms with Gasteiger partial charge in [-0.2, -0.15) is 0 Å². The molecule has 1 unspecified atom stereocenters. The summed E-state index contributed by atoms with van der Waals surface area (Å²) in [6.45, 7) is 4.65. The number of fused-ring (bicyclic) bond motifs is 3. The number of hydrogen-bond acceptors (Lipinski definition) is 1. The molecule has 0 aromatic heterocycles. The summed E-state index contributed by atoms with van der Waals surface area (Å²) in [5.74, 6) is 0. The lowest BCUT2D eigenvalue weighted by Crippen LogP contribution is -2.25. The lowest BCUT2D eigenvalue weighted by molar-refractivity contribution is 0.438. The topological polar surface area (TPSA) is 26.0 Å². The third-order valence-corrected chi connectivity index (χ3v) is 7.79. The SMILES string of the molecule is CCCCCCC1(CC)c2ccccc2-c2cc(-c3ccccc3)c(N)c(-c3ccccc3)c21. The minimum absolute atomic E-state index is 0.00577. The Morgan fingerprint density at radius 2 is 1.29 bits per heavy atom. The van der Waals surface area contributed by atoms with Crippen molar-refractivity contribution in [2.45, 2.75) is 57.8 Å². The van der Waals surface area contributed by atoms with Crippen molar-refractivity contribution in [1.29, 1.82) is 0 Å². The highest BCUT2D eigenvalue weighted by Crippen LogP contribution is 2.59. The van der Waals surface area contributed by atoms with Crippen molar-refractivity contribution in [2.24, 2.45) is 0 Å². The minimum Gasteiger partial charge on any atom is -0.398 e. The number of nitrogens with two attached hydrogens (primary N) is 1. The van der Waals surface area contributed by atoms with E-state index in [-0.39, 0.29) is 5.41 Å². The summed E-state index contributed by atoms with van der Waals surface area (Å²) in [5, 5.41) is 0. The van der Waals surface area contributed by atoms with E-state index < -0.39 is 0 Å². The third-order valence-electron chi connectivity index (χ3n) is 7.79. The zero-order chi connectivity index (χ0) is 23.5. The lowest BCUT2D eigenvalue weighted by atomic mass is 9.69. The highest BCUT2D eigenvalue weighted by molar-refractivity contribution is 6.00. The molecule has 4 aromatic rings. The van der Waals surface area contributed by atoms with Crippen molar-refractivity contribution in [2.75, 3.05) is 5.73 Å². The zero-order valence-corrected chi connectivity index (χ0v) is 20.5. The quantitative estimate of drug-likeness (QED) is 0.212. The van der Waals surface area contributed by atoms with Crippen LogP contribution in [0.15, 0.2) is 91.0 Å². The molecule has 0 heterocycles. The maximum absolute atomic E-state index is 7.11. The van der Waals surface area contributed by atoms with Crippen molar-refractivity contribution in [3.8, 4) is 33.4 Å². The molecule has 34 heavy (non-hydrogen) atoms. The molecule has 0 spiro atoms. The molecule has 0 fully saturated rings. The normalized spacial score (nSPS) is 16.3. The molecule has 0 saturated heterocycles. The summed E-state index contributed by atoms with van der Waals surface area (Å²) in [6.07, 6.45) is 7.33.